The average molecular weight is 414 g/mol. The van der Waals surface area contributed by atoms with E-state index >= 15 is 0 Å². The second-order valence-corrected chi connectivity index (χ2v) is 7.26. The number of rotatable bonds is 4. The van der Waals surface area contributed by atoms with Gasteiger partial charge in [0.15, 0.2) is 5.82 Å². The van der Waals surface area contributed by atoms with Crippen LogP contribution in [0.15, 0.2) is 19.5 Å². The first kappa shape index (κ1) is 13.8. The molecule has 0 bridgehead atoms. The van der Waals surface area contributed by atoms with Crippen molar-refractivity contribution in [2.45, 2.75) is 5.16 Å². The zero-order valence-electron chi connectivity index (χ0n) is 8.63. The molecule has 0 unspecified atom stereocenters. The number of thioether (sulfide) groups is 1. The second kappa shape index (κ2) is 5.59. The number of halogens is 2. The van der Waals surface area contributed by atoms with Gasteiger partial charge in [0.25, 0.3) is 0 Å². The molecule has 0 radical (unpaired) electrons. The molecule has 0 aromatic carbocycles. The Morgan fingerprint density at radius 3 is 2.83 bits per heavy atom. The third-order valence-corrected chi connectivity index (χ3v) is 6.03. The Morgan fingerprint density at radius 2 is 2.28 bits per heavy atom. The number of hydrogen-bond acceptors (Lipinski definition) is 6. The monoisotopic (exact) mass is 412 g/mol. The number of carboxylic acid groups (broad SMARTS) is 1. The molecule has 0 aliphatic heterocycles. The first-order chi connectivity index (χ1) is 8.49. The van der Waals surface area contributed by atoms with Gasteiger partial charge in [0.05, 0.1) is 14.4 Å². The summed E-state index contributed by atoms with van der Waals surface area (Å²) in [6.07, 6.45) is 0. The number of nitrogens with zero attached hydrogens (tertiary/aromatic N) is 3. The van der Waals surface area contributed by atoms with Gasteiger partial charge in [0, 0.05) is 4.47 Å². The van der Waals surface area contributed by atoms with Crippen LogP contribution in [0.2, 0.25) is 0 Å². The minimum absolute atomic E-state index is 0.104. The maximum atomic E-state index is 10.5. The van der Waals surface area contributed by atoms with Gasteiger partial charge in [0.2, 0.25) is 5.16 Å². The van der Waals surface area contributed by atoms with Gasteiger partial charge in [-0.2, -0.15) is 0 Å². The third-order valence-electron chi connectivity index (χ3n) is 1.85. The number of carboxylic acids is 1. The van der Waals surface area contributed by atoms with Gasteiger partial charge in [-0.3, -0.25) is 4.79 Å². The first-order valence-electron chi connectivity index (χ1n) is 4.49. The van der Waals surface area contributed by atoms with E-state index < -0.39 is 5.97 Å². The van der Waals surface area contributed by atoms with Crippen molar-refractivity contribution in [2.24, 2.45) is 0 Å². The molecule has 2 heterocycles. The summed E-state index contributed by atoms with van der Waals surface area (Å²) in [5.74, 6) is 5.31. The number of carbonyl (C=O) groups is 1. The number of nitrogen functional groups attached to an aromatic ring is 1. The highest BCUT2D eigenvalue weighted by Crippen LogP contribution is 2.37. The van der Waals surface area contributed by atoms with Crippen molar-refractivity contribution in [2.75, 3.05) is 11.6 Å². The lowest BCUT2D eigenvalue weighted by Crippen LogP contribution is -2.12. The molecule has 0 spiro atoms. The quantitative estimate of drug-likeness (QED) is 0.590. The molecule has 0 aliphatic carbocycles. The third kappa shape index (κ3) is 2.87. The number of aromatic nitrogens is 3. The molecular weight excluding hydrogens is 408 g/mol. The molecule has 0 amide bonds. The van der Waals surface area contributed by atoms with Crippen LogP contribution < -0.4 is 5.84 Å². The van der Waals surface area contributed by atoms with E-state index in [-0.39, 0.29) is 5.75 Å². The molecular formula is C8H6Br2N4O2S2. The van der Waals surface area contributed by atoms with Crippen molar-refractivity contribution in [1.29, 1.82) is 0 Å². The highest BCUT2D eigenvalue weighted by Gasteiger charge is 2.16. The Hall–Kier alpha value is -0.580. The molecule has 0 atom stereocenters. The maximum Gasteiger partial charge on any atom is 0.313 e. The number of thiophene rings is 1. The molecule has 6 nitrogen and oxygen atoms in total. The predicted molar refractivity (Wildman–Crippen MR) is 77.2 cm³/mol. The topological polar surface area (TPSA) is 94.0 Å². The van der Waals surface area contributed by atoms with Crippen LogP contribution in [0, 0.1) is 0 Å². The molecule has 0 saturated heterocycles. The van der Waals surface area contributed by atoms with Gasteiger partial charge in [0.1, 0.15) is 0 Å². The largest absolute Gasteiger partial charge is 0.481 e. The maximum absolute atomic E-state index is 10.5. The average Bonchev–Trinajstić information content (AvgIpc) is 2.81. The van der Waals surface area contributed by atoms with Crippen LogP contribution in [-0.4, -0.2) is 31.7 Å². The zero-order valence-corrected chi connectivity index (χ0v) is 13.4. The summed E-state index contributed by atoms with van der Waals surface area (Å²) in [7, 11) is 0. The first-order valence-corrected chi connectivity index (χ1v) is 7.88. The molecule has 2 aromatic rings. The van der Waals surface area contributed by atoms with Crippen LogP contribution in [0.4, 0.5) is 0 Å². The Bertz CT molecular complexity index is 578. The lowest BCUT2D eigenvalue weighted by Gasteiger charge is -2.00. The highest BCUT2D eigenvalue weighted by atomic mass is 79.9. The van der Waals surface area contributed by atoms with Crippen molar-refractivity contribution in [3.63, 3.8) is 0 Å². The summed E-state index contributed by atoms with van der Waals surface area (Å²) in [6, 6.07) is 1.87. The van der Waals surface area contributed by atoms with Gasteiger partial charge < -0.3 is 10.9 Å². The zero-order chi connectivity index (χ0) is 13.3. The molecule has 0 fully saturated rings. The SMILES string of the molecule is Nn1c(SCC(=O)O)nnc1-c1cc(Br)c(Br)s1. The second-order valence-electron chi connectivity index (χ2n) is 3.09. The Labute approximate surface area is 127 Å². The highest BCUT2D eigenvalue weighted by molar-refractivity contribution is 9.13. The van der Waals surface area contributed by atoms with Gasteiger partial charge in [-0.1, -0.05) is 11.8 Å². The lowest BCUT2D eigenvalue weighted by molar-refractivity contribution is -0.133. The normalized spacial score (nSPS) is 10.8. The summed E-state index contributed by atoms with van der Waals surface area (Å²) >= 11 is 9.25. The molecule has 96 valence electrons. The molecule has 18 heavy (non-hydrogen) atoms. The molecule has 3 N–H and O–H groups in total. The Morgan fingerprint density at radius 1 is 1.56 bits per heavy atom. The van der Waals surface area contributed by atoms with Gasteiger partial charge in [-0.05, 0) is 37.9 Å². The van der Waals surface area contributed by atoms with Crippen molar-refractivity contribution < 1.29 is 9.90 Å². The predicted octanol–water partition coefficient (Wildman–Crippen LogP) is 2.42. The van der Waals surface area contributed by atoms with E-state index in [1.165, 1.54) is 16.0 Å². The standard InChI is InChI=1S/C8H6Br2N4O2S2/c9-3-1-4(18-6(3)10)7-12-13-8(14(7)11)17-2-5(15)16/h1H,2,11H2,(H,15,16). The minimum atomic E-state index is -0.925. The summed E-state index contributed by atoms with van der Waals surface area (Å²) < 4.78 is 3.13. The van der Waals surface area contributed by atoms with Crippen LogP contribution in [0.3, 0.4) is 0 Å². The van der Waals surface area contributed by atoms with Crippen LogP contribution in [0.25, 0.3) is 10.7 Å². The fourth-order valence-electron chi connectivity index (χ4n) is 1.13. The summed E-state index contributed by atoms with van der Waals surface area (Å²) in [5.41, 5.74) is 0. The van der Waals surface area contributed by atoms with Crippen LogP contribution in [0.1, 0.15) is 0 Å². The molecule has 2 rings (SSSR count). The van der Waals surface area contributed by atoms with Gasteiger partial charge in [-0.25, -0.2) is 4.68 Å². The Kier molecular flexibility index (Phi) is 4.30. The molecule has 0 saturated carbocycles. The van der Waals surface area contributed by atoms with Crippen molar-refractivity contribution in [3.8, 4) is 10.7 Å². The van der Waals surface area contributed by atoms with Crippen molar-refractivity contribution >= 4 is 60.9 Å². The van der Waals surface area contributed by atoms with E-state index in [1.807, 2.05) is 6.07 Å². The van der Waals surface area contributed by atoms with Crippen molar-refractivity contribution in [1.82, 2.24) is 14.9 Å². The van der Waals surface area contributed by atoms with Crippen molar-refractivity contribution in [3.05, 3.63) is 14.3 Å². The Balaban J connectivity index is 2.27. The minimum Gasteiger partial charge on any atom is -0.481 e. The summed E-state index contributed by atoms with van der Waals surface area (Å²) in [4.78, 5) is 11.3. The van der Waals surface area contributed by atoms with E-state index in [9.17, 15) is 4.79 Å². The molecule has 10 heteroatoms. The van der Waals surface area contributed by atoms with E-state index in [0.29, 0.717) is 11.0 Å². The van der Waals surface area contributed by atoms with E-state index in [2.05, 4.69) is 42.1 Å². The fourth-order valence-corrected chi connectivity index (χ4v) is 3.72. The van der Waals surface area contributed by atoms with Crippen LogP contribution in [-0.2, 0) is 4.79 Å². The van der Waals surface area contributed by atoms with Gasteiger partial charge in [-0.15, -0.1) is 21.5 Å². The number of hydrogen-bond donors (Lipinski definition) is 2. The number of nitrogens with two attached hydrogens (primary N) is 1. The molecule has 0 aliphatic rings. The van der Waals surface area contributed by atoms with E-state index in [0.717, 1.165) is 24.9 Å². The summed E-state index contributed by atoms with van der Waals surface area (Å²) in [6.45, 7) is 0. The smallest absolute Gasteiger partial charge is 0.313 e. The van der Waals surface area contributed by atoms with Gasteiger partial charge >= 0.3 is 5.97 Å². The molecule has 2 aromatic heterocycles. The van der Waals surface area contributed by atoms with E-state index in [1.54, 1.807) is 0 Å². The lowest BCUT2D eigenvalue weighted by atomic mass is 10.4. The summed E-state index contributed by atoms with van der Waals surface area (Å²) in [5, 5.41) is 16.8. The van der Waals surface area contributed by atoms with E-state index in [4.69, 9.17) is 10.9 Å². The van der Waals surface area contributed by atoms with Crippen LogP contribution >= 0.6 is 55.0 Å². The van der Waals surface area contributed by atoms with Crippen LogP contribution in [0.5, 0.6) is 0 Å². The fraction of sp³-hybridized carbons (Fsp3) is 0.125. The number of aliphatic carboxylic acids is 1.